The smallest absolute Gasteiger partial charge is 0.254 e. The number of aromatic hydroxyl groups is 1. The number of nitrogens with one attached hydrogen (secondary N) is 1. The summed E-state index contributed by atoms with van der Waals surface area (Å²) in [7, 11) is 0. The molecule has 0 fully saturated rings. The Morgan fingerprint density at radius 2 is 2.27 bits per heavy atom. The number of amides is 1. The van der Waals surface area contributed by atoms with Crippen LogP contribution >= 0.6 is 0 Å². The lowest BCUT2D eigenvalue weighted by molar-refractivity contribution is 0.0949. The van der Waals surface area contributed by atoms with Gasteiger partial charge in [0.1, 0.15) is 11.6 Å². The minimum absolute atomic E-state index is 0.0381. The molecule has 0 atom stereocenters. The first kappa shape index (κ1) is 11.5. The molecular weight excluding hydrogens is 197 g/mol. The Balaban J connectivity index is 2.65. The zero-order chi connectivity index (χ0) is 11.3. The first-order valence-corrected chi connectivity index (χ1v) is 4.92. The van der Waals surface area contributed by atoms with E-state index in [0.29, 0.717) is 6.54 Å². The van der Waals surface area contributed by atoms with Crippen molar-refractivity contribution in [3.05, 3.63) is 29.6 Å². The zero-order valence-electron chi connectivity index (χ0n) is 8.59. The first-order chi connectivity index (χ1) is 7.15. The largest absolute Gasteiger partial charge is 0.508 e. The summed E-state index contributed by atoms with van der Waals surface area (Å²) in [5, 5.41) is 11.6. The summed E-state index contributed by atoms with van der Waals surface area (Å²) in [4.78, 5) is 11.4. The van der Waals surface area contributed by atoms with Gasteiger partial charge in [-0.15, -0.1) is 0 Å². The normalized spacial score (nSPS) is 10.0. The second-order valence-corrected chi connectivity index (χ2v) is 3.27. The predicted octanol–water partition coefficient (Wildman–Crippen LogP) is 2.06. The van der Waals surface area contributed by atoms with E-state index in [1.54, 1.807) is 0 Å². The van der Waals surface area contributed by atoms with Gasteiger partial charge in [0.2, 0.25) is 0 Å². The van der Waals surface area contributed by atoms with Crippen LogP contribution in [0.25, 0.3) is 0 Å². The number of hydrogen-bond acceptors (Lipinski definition) is 2. The molecule has 3 nitrogen and oxygen atoms in total. The molecule has 1 rings (SSSR count). The Morgan fingerprint density at radius 1 is 1.53 bits per heavy atom. The highest BCUT2D eigenvalue weighted by molar-refractivity contribution is 5.94. The number of halogens is 1. The number of unbranched alkanes of at least 4 members (excludes halogenated alkanes) is 1. The van der Waals surface area contributed by atoms with Crippen LogP contribution in [0, 0.1) is 5.82 Å². The van der Waals surface area contributed by atoms with Crippen LogP contribution in [0.5, 0.6) is 5.75 Å². The summed E-state index contributed by atoms with van der Waals surface area (Å²) >= 11 is 0. The maximum Gasteiger partial charge on any atom is 0.254 e. The Kier molecular flexibility index (Phi) is 4.09. The van der Waals surface area contributed by atoms with E-state index in [1.807, 2.05) is 6.92 Å². The Hall–Kier alpha value is -1.58. The highest BCUT2D eigenvalue weighted by atomic mass is 19.1. The number of phenols is 1. The summed E-state index contributed by atoms with van der Waals surface area (Å²) in [6, 6.07) is 3.48. The predicted molar refractivity (Wildman–Crippen MR) is 55.3 cm³/mol. The molecule has 0 saturated heterocycles. The van der Waals surface area contributed by atoms with Crippen LogP contribution in [-0.4, -0.2) is 17.6 Å². The lowest BCUT2D eigenvalue weighted by atomic mass is 10.2. The second-order valence-electron chi connectivity index (χ2n) is 3.27. The quantitative estimate of drug-likeness (QED) is 0.749. The maximum atomic E-state index is 13.2. The molecule has 1 amide bonds. The molecule has 0 heterocycles. The molecular formula is C11H14FNO2. The van der Waals surface area contributed by atoms with Gasteiger partial charge < -0.3 is 10.4 Å². The molecule has 2 N–H and O–H groups in total. The molecule has 4 heteroatoms. The van der Waals surface area contributed by atoms with E-state index in [4.69, 9.17) is 5.11 Å². The average Bonchev–Trinajstić information content (AvgIpc) is 2.17. The summed E-state index contributed by atoms with van der Waals surface area (Å²) in [6.07, 6.45) is 1.84. The molecule has 0 spiro atoms. The average molecular weight is 211 g/mol. The second kappa shape index (κ2) is 5.34. The van der Waals surface area contributed by atoms with Gasteiger partial charge in [0.25, 0.3) is 5.91 Å². The van der Waals surface area contributed by atoms with Gasteiger partial charge >= 0.3 is 0 Å². The molecule has 1 aromatic rings. The summed E-state index contributed by atoms with van der Waals surface area (Å²) in [5.41, 5.74) is -0.0381. The SMILES string of the molecule is CCCCNC(=O)c1ccc(O)cc1F. The van der Waals surface area contributed by atoms with Crippen LogP contribution in [0.4, 0.5) is 4.39 Å². The number of carbonyl (C=O) groups is 1. The maximum absolute atomic E-state index is 13.2. The summed E-state index contributed by atoms with van der Waals surface area (Å²) in [6.45, 7) is 2.54. The van der Waals surface area contributed by atoms with Crippen molar-refractivity contribution >= 4 is 5.91 Å². The third-order valence-electron chi connectivity index (χ3n) is 2.01. The van der Waals surface area contributed by atoms with Crippen molar-refractivity contribution in [1.82, 2.24) is 5.32 Å². The van der Waals surface area contributed by atoms with Gasteiger partial charge in [0, 0.05) is 12.6 Å². The highest BCUT2D eigenvalue weighted by Crippen LogP contribution is 2.14. The van der Waals surface area contributed by atoms with Crippen LogP contribution in [0.3, 0.4) is 0 Å². The lowest BCUT2D eigenvalue weighted by Gasteiger charge is -2.05. The summed E-state index contributed by atoms with van der Waals surface area (Å²) < 4.78 is 13.2. The van der Waals surface area contributed by atoms with Gasteiger partial charge in [-0.25, -0.2) is 4.39 Å². The standard InChI is InChI=1S/C11H14FNO2/c1-2-3-6-13-11(15)9-5-4-8(14)7-10(9)12/h4-5,7,14H,2-3,6H2,1H3,(H,13,15). The van der Waals surface area contributed by atoms with E-state index >= 15 is 0 Å². The van der Waals surface area contributed by atoms with E-state index < -0.39 is 11.7 Å². The van der Waals surface area contributed by atoms with E-state index in [9.17, 15) is 9.18 Å². The van der Waals surface area contributed by atoms with Crippen LogP contribution in [0.15, 0.2) is 18.2 Å². The fourth-order valence-corrected chi connectivity index (χ4v) is 1.16. The van der Waals surface area contributed by atoms with Crippen LogP contribution in [0.1, 0.15) is 30.1 Å². The molecule has 0 unspecified atom stereocenters. The van der Waals surface area contributed by atoms with Gasteiger partial charge in [-0.1, -0.05) is 13.3 Å². The van der Waals surface area contributed by atoms with Crippen molar-refractivity contribution in [2.75, 3.05) is 6.54 Å². The Bertz CT molecular complexity index is 352. The van der Waals surface area contributed by atoms with Crippen molar-refractivity contribution in [2.24, 2.45) is 0 Å². The Morgan fingerprint density at radius 3 is 2.87 bits per heavy atom. The third-order valence-corrected chi connectivity index (χ3v) is 2.01. The number of phenolic OH excluding ortho intramolecular Hbond substituents is 1. The van der Waals surface area contributed by atoms with Crippen LogP contribution in [-0.2, 0) is 0 Å². The summed E-state index contributed by atoms with van der Waals surface area (Å²) in [5.74, 6) is -1.33. The van der Waals surface area contributed by atoms with Gasteiger partial charge in [-0.3, -0.25) is 4.79 Å². The molecule has 0 aromatic heterocycles. The number of hydrogen-bond donors (Lipinski definition) is 2. The van der Waals surface area contributed by atoms with Crippen molar-refractivity contribution in [3.8, 4) is 5.75 Å². The fraction of sp³-hybridized carbons (Fsp3) is 0.364. The number of benzene rings is 1. The molecule has 0 aliphatic rings. The van der Waals surface area contributed by atoms with Gasteiger partial charge in [0.05, 0.1) is 5.56 Å². The molecule has 15 heavy (non-hydrogen) atoms. The minimum atomic E-state index is -0.705. The third kappa shape index (κ3) is 3.23. The number of carbonyl (C=O) groups excluding carboxylic acids is 1. The highest BCUT2D eigenvalue weighted by Gasteiger charge is 2.10. The molecule has 0 saturated carbocycles. The minimum Gasteiger partial charge on any atom is -0.508 e. The fourth-order valence-electron chi connectivity index (χ4n) is 1.16. The van der Waals surface area contributed by atoms with E-state index in [0.717, 1.165) is 18.9 Å². The monoisotopic (exact) mass is 211 g/mol. The molecule has 0 aliphatic heterocycles. The van der Waals surface area contributed by atoms with Gasteiger partial charge in [0.15, 0.2) is 0 Å². The van der Waals surface area contributed by atoms with Crippen LogP contribution < -0.4 is 5.32 Å². The van der Waals surface area contributed by atoms with Crippen molar-refractivity contribution < 1.29 is 14.3 Å². The van der Waals surface area contributed by atoms with Crippen molar-refractivity contribution in [1.29, 1.82) is 0 Å². The van der Waals surface area contributed by atoms with Gasteiger partial charge in [-0.05, 0) is 18.6 Å². The topological polar surface area (TPSA) is 49.3 Å². The molecule has 0 radical (unpaired) electrons. The van der Waals surface area contributed by atoms with E-state index in [1.165, 1.54) is 12.1 Å². The molecule has 82 valence electrons. The van der Waals surface area contributed by atoms with Crippen molar-refractivity contribution in [2.45, 2.75) is 19.8 Å². The van der Waals surface area contributed by atoms with Gasteiger partial charge in [-0.2, -0.15) is 0 Å². The van der Waals surface area contributed by atoms with Crippen molar-refractivity contribution in [3.63, 3.8) is 0 Å². The lowest BCUT2D eigenvalue weighted by Crippen LogP contribution is -2.25. The Labute approximate surface area is 87.9 Å². The molecule has 1 aromatic carbocycles. The number of rotatable bonds is 4. The van der Waals surface area contributed by atoms with E-state index in [-0.39, 0.29) is 11.3 Å². The zero-order valence-corrected chi connectivity index (χ0v) is 8.59. The van der Waals surface area contributed by atoms with E-state index in [2.05, 4.69) is 5.32 Å². The first-order valence-electron chi connectivity index (χ1n) is 4.92. The van der Waals surface area contributed by atoms with Crippen LogP contribution in [0.2, 0.25) is 0 Å². The molecule has 0 bridgehead atoms. The molecule has 0 aliphatic carbocycles.